The summed E-state index contributed by atoms with van der Waals surface area (Å²) in [7, 11) is 0. The van der Waals surface area contributed by atoms with Crippen molar-refractivity contribution in [2.45, 2.75) is 26.7 Å². The first-order valence-corrected chi connectivity index (χ1v) is 6.05. The summed E-state index contributed by atoms with van der Waals surface area (Å²) in [5.74, 6) is -0.277. The number of Topliss-reactive ketones (excluding diaryl/α,β-unsaturated/α-hetero) is 1. The van der Waals surface area contributed by atoms with Crippen LogP contribution in [0.5, 0.6) is 0 Å². The quantitative estimate of drug-likeness (QED) is 0.572. The molecule has 3 nitrogen and oxygen atoms in total. The summed E-state index contributed by atoms with van der Waals surface area (Å²) in [6, 6.07) is 9.59. The molecule has 0 spiro atoms. The fourth-order valence-electron chi connectivity index (χ4n) is 1.57. The highest BCUT2D eigenvalue weighted by molar-refractivity contribution is 5.98. The molecule has 0 aromatic heterocycles. The molecule has 0 saturated carbocycles. The molecule has 0 unspecified atom stereocenters. The zero-order chi connectivity index (χ0) is 13.4. The first-order valence-electron chi connectivity index (χ1n) is 6.05. The molecular weight excluding hydrogens is 228 g/mol. The molecule has 0 amide bonds. The van der Waals surface area contributed by atoms with Gasteiger partial charge >= 0.3 is 5.97 Å². The first kappa shape index (κ1) is 14.2. The third-order valence-corrected chi connectivity index (χ3v) is 2.50. The lowest BCUT2D eigenvalue weighted by Gasteiger charge is -2.04. The Morgan fingerprint density at radius 1 is 1.17 bits per heavy atom. The number of esters is 1. The third-order valence-electron chi connectivity index (χ3n) is 2.50. The Labute approximate surface area is 107 Å². The van der Waals surface area contributed by atoms with Crippen molar-refractivity contribution in [2.75, 3.05) is 6.61 Å². The molecule has 1 rings (SSSR count). The summed E-state index contributed by atoms with van der Waals surface area (Å²) in [6.45, 7) is 3.65. The molecular formula is C15H18O3. The van der Waals surface area contributed by atoms with Crippen molar-refractivity contribution in [1.29, 1.82) is 0 Å². The molecule has 0 aliphatic rings. The zero-order valence-electron chi connectivity index (χ0n) is 10.8. The summed E-state index contributed by atoms with van der Waals surface area (Å²) < 4.78 is 4.84. The normalized spacial score (nSPS) is 11.1. The molecule has 0 bridgehead atoms. The van der Waals surface area contributed by atoms with E-state index in [1.165, 1.54) is 6.92 Å². The van der Waals surface area contributed by atoms with E-state index >= 15 is 0 Å². The summed E-state index contributed by atoms with van der Waals surface area (Å²) >= 11 is 0. The van der Waals surface area contributed by atoms with E-state index in [4.69, 9.17) is 4.74 Å². The summed E-state index contributed by atoms with van der Waals surface area (Å²) in [4.78, 5) is 22.8. The largest absolute Gasteiger partial charge is 0.466 e. The van der Waals surface area contributed by atoms with Gasteiger partial charge in [0.05, 0.1) is 6.61 Å². The van der Waals surface area contributed by atoms with Gasteiger partial charge in [0, 0.05) is 6.42 Å². The zero-order valence-corrected chi connectivity index (χ0v) is 10.8. The molecule has 0 fully saturated rings. The van der Waals surface area contributed by atoms with Crippen LogP contribution in [0, 0.1) is 0 Å². The van der Waals surface area contributed by atoms with Crippen LogP contribution >= 0.6 is 0 Å². The minimum absolute atomic E-state index is 0.0110. The van der Waals surface area contributed by atoms with Crippen molar-refractivity contribution in [2.24, 2.45) is 0 Å². The third kappa shape index (κ3) is 4.95. The predicted molar refractivity (Wildman–Crippen MR) is 71.0 cm³/mol. The van der Waals surface area contributed by atoms with Crippen LogP contribution in [0.3, 0.4) is 0 Å². The van der Waals surface area contributed by atoms with Gasteiger partial charge in [0.1, 0.15) is 0 Å². The Bertz CT molecular complexity index is 432. The van der Waals surface area contributed by atoms with E-state index in [9.17, 15) is 9.59 Å². The predicted octanol–water partition coefficient (Wildman–Crippen LogP) is 3.00. The Kier molecular flexibility index (Phi) is 5.85. The number of hydrogen-bond acceptors (Lipinski definition) is 3. The van der Waals surface area contributed by atoms with Gasteiger partial charge in [-0.25, -0.2) is 0 Å². The second-order valence-electron chi connectivity index (χ2n) is 3.94. The lowest BCUT2D eigenvalue weighted by atomic mass is 10.0. The maximum Gasteiger partial charge on any atom is 0.306 e. The van der Waals surface area contributed by atoms with Gasteiger partial charge in [0.2, 0.25) is 0 Å². The van der Waals surface area contributed by atoms with Crippen LogP contribution in [0.15, 0.2) is 35.9 Å². The van der Waals surface area contributed by atoms with Crippen molar-refractivity contribution in [3.8, 4) is 0 Å². The average Bonchev–Trinajstić information content (AvgIpc) is 2.35. The first-order chi connectivity index (χ1) is 8.63. The van der Waals surface area contributed by atoms with Gasteiger partial charge in [-0.1, -0.05) is 30.3 Å². The van der Waals surface area contributed by atoms with Crippen molar-refractivity contribution in [3.63, 3.8) is 0 Å². The second kappa shape index (κ2) is 7.43. The molecule has 96 valence electrons. The molecule has 0 aliphatic heterocycles. The van der Waals surface area contributed by atoms with E-state index in [0.717, 1.165) is 5.56 Å². The monoisotopic (exact) mass is 246 g/mol. The maximum atomic E-state index is 11.5. The summed E-state index contributed by atoms with van der Waals surface area (Å²) in [5, 5.41) is 0. The van der Waals surface area contributed by atoms with Crippen LogP contribution in [0.25, 0.3) is 6.08 Å². The molecule has 1 aromatic carbocycles. The number of ketones is 1. The van der Waals surface area contributed by atoms with Gasteiger partial charge < -0.3 is 4.74 Å². The molecule has 1 aromatic rings. The fourth-order valence-corrected chi connectivity index (χ4v) is 1.57. The smallest absolute Gasteiger partial charge is 0.306 e. The summed E-state index contributed by atoms with van der Waals surface area (Å²) in [6.07, 6.45) is 2.48. The number of hydrogen-bond donors (Lipinski definition) is 0. The van der Waals surface area contributed by atoms with Gasteiger partial charge in [-0.3, -0.25) is 9.59 Å². The Morgan fingerprint density at radius 2 is 1.83 bits per heavy atom. The maximum absolute atomic E-state index is 11.5. The van der Waals surface area contributed by atoms with Gasteiger partial charge in [-0.2, -0.15) is 0 Å². The highest BCUT2D eigenvalue weighted by Crippen LogP contribution is 2.13. The van der Waals surface area contributed by atoms with Gasteiger partial charge in [-0.15, -0.1) is 0 Å². The molecule has 0 radical (unpaired) electrons. The molecule has 3 heteroatoms. The number of carbonyl (C=O) groups excluding carboxylic acids is 2. The Morgan fingerprint density at radius 3 is 2.39 bits per heavy atom. The molecule has 0 aliphatic carbocycles. The highest BCUT2D eigenvalue weighted by atomic mass is 16.5. The molecule has 0 saturated heterocycles. The second-order valence-corrected chi connectivity index (χ2v) is 3.94. The Balaban J connectivity index is 2.69. The average molecular weight is 246 g/mol. The standard InChI is InChI=1S/C15H18O3/c1-3-18-15(17)10-9-14(12(2)16)11-13-7-5-4-6-8-13/h4-8,11H,3,9-10H2,1-2H3/b14-11+. The van der Waals surface area contributed by atoms with E-state index in [1.807, 2.05) is 36.4 Å². The van der Waals surface area contributed by atoms with Crippen molar-refractivity contribution in [3.05, 3.63) is 41.5 Å². The van der Waals surface area contributed by atoms with E-state index in [1.54, 1.807) is 6.92 Å². The molecule has 0 atom stereocenters. The topological polar surface area (TPSA) is 43.4 Å². The van der Waals surface area contributed by atoms with Crippen molar-refractivity contribution >= 4 is 17.8 Å². The van der Waals surface area contributed by atoms with E-state index < -0.39 is 0 Å². The number of allylic oxidation sites excluding steroid dienone is 1. The SMILES string of the molecule is CCOC(=O)CC/C(=C\c1ccccc1)C(C)=O. The minimum atomic E-state index is -0.266. The number of carbonyl (C=O) groups is 2. The van der Waals surface area contributed by atoms with Crippen molar-refractivity contribution in [1.82, 2.24) is 0 Å². The Hall–Kier alpha value is -1.90. The van der Waals surface area contributed by atoms with Crippen molar-refractivity contribution < 1.29 is 14.3 Å². The number of ether oxygens (including phenoxy) is 1. The minimum Gasteiger partial charge on any atom is -0.466 e. The number of rotatable bonds is 6. The van der Waals surface area contributed by atoms with Gasteiger partial charge in [0.15, 0.2) is 5.78 Å². The fraction of sp³-hybridized carbons (Fsp3) is 0.333. The van der Waals surface area contributed by atoms with Crippen LogP contribution in [0.2, 0.25) is 0 Å². The van der Waals surface area contributed by atoms with E-state index in [0.29, 0.717) is 18.6 Å². The molecule has 18 heavy (non-hydrogen) atoms. The van der Waals surface area contributed by atoms with Crippen LogP contribution in [-0.4, -0.2) is 18.4 Å². The van der Waals surface area contributed by atoms with E-state index in [2.05, 4.69) is 0 Å². The lowest BCUT2D eigenvalue weighted by Crippen LogP contribution is -2.06. The highest BCUT2D eigenvalue weighted by Gasteiger charge is 2.08. The van der Waals surface area contributed by atoms with Crippen LogP contribution in [0.4, 0.5) is 0 Å². The molecule has 0 N–H and O–H groups in total. The van der Waals surface area contributed by atoms with Crippen LogP contribution in [0.1, 0.15) is 32.3 Å². The van der Waals surface area contributed by atoms with Gasteiger partial charge in [-0.05, 0) is 37.5 Å². The number of benzene rings is 1. The summed E-state index contributed by atoms with van der Waals surface area (Å²) in [5.41, 5.74) is 1.61. The lowest BCUT2D eigenvalue weighted by molar-refractivity contribution is -0.143. The van der Waals surface area contributed by atoms with E-state index in [-0.39, 0.29) is 18.2 Å². The van der Waals surface area contributed by atoms with Crippen LogP contribution < -0.4 is 0 Å². The molecule has 0 heterocycles. The van der Waals surface area contributed by atoms with Gasteiger partial charge in [0.25, 0.3) is 0 Å². The van der Waals surface area contributed by atoms with Crippen LogP contribution in [-0.2, 0) is 14.3 Å².